The van der Waals surface area contributed by atoms with Gasteiger partial charge in [-0.1, -0.05) is 121 Å². The molecule has 2 aliphatic carbocycles. The topological polar surface area (TPSA) is 37.3 Å². The van der Waals surface area contributed by atoms with Crippen molar-refractivity contribution in [3.63, 3.8) is 0 Å². The summed E-state index contributed by atoms with van der Waals surface area (Å²) in [7, 11) is -1.18. The molecule has 1 spiro atoms. The molecule has 1 N–H and O–H groups in total. The van der Waals surface area contributed by atoms with Gasteiger partial charge in [0.1, 0.15) is 0 Å². The maximum atomic E-state index is 12.1. The number of carboxylic acids is 1. The van der Waals surface area contributed by atoms with Crippen molar-refractivity contribution < 1.29 is 9.90 Å². The number of hydrogen-bond donors (Lipinski definition) is 1. The maximum Gasteiger partial charge on any atom is 0.303 e. The highest BCUT2D eigenvalue weighted by atomic mass is 31.1. The standard InChI is InChI=1S/C33H32O2P2/c34-32(35)23-25-21-22-30(36(26-13-5-1-6-14-26)27-15-7-2-8-16-27)33(25)24-31(33)37(28-17-9-3-10-18-28)29-19-11-4-12-20-29/h1-20,25,30-31H,21-24H2,(H,34,35)/t25-,30+,31?,33-/m1/s1. The molecule has 4 aromatic carbocycles. The van der Waals surface area contributed by atoms with E-state index in [0.717, 1.165) is 19.3 Å². The van der Waals surface area contributed by atoms with Crippen molar-refractivity contribution in [2.45, 2.75) is 37.0 Å². The summed E-state index contributed by atoms with van der Waals surface area (Å²) < 4.78 is 0. The average molecular weight is 523 g/mol. The molecule has 4 atom stereocenters. The van der Waals surface area contributed by atoms with Gasteiger partial charge in [-0.25, -0.2) is 0 Å². The van der Waals surface area contributed by atoms with E-state index in [0.29, 0.717) is 11.3 Å². The van der Waals surface area contributed by atoms with Crippen molar-refractivity contribution in [1.82, 2.24) is 0 Å². The van der Waals surface area contributed by atoms with Crippen molar-refractivity contribution in [3.05, 3.63) is 121 Å². The first-order chi connectivity index (χ1) is 18.2. The van der Waals surface area contributed by atoms with Crippen molar-refractivity contribution >= 4 is 43.0 Å². The van der Waals surface area contributed by atoms with E-state index < -0.39 is 21.8 Å². The van der Waals surface area contributed by atoms with E-state index in [1.165, 1.54) is 21.2 Å². The summed E-state index contributed by atoms with van der Waals surface area (Å²) in [6.07, 6.45) is 3.53. The molecule has 2 aliphatic rings. The van der Waals surface area contributed by atoms with E-state index in [4.69, 9.17) is 0 Å². The van der Waals surface area contributed by atoms with Crippen LogP contribution in [0.1, 0.15) is 25.7 Å². The Morgan fingerprint density at radius 1 is 0.622 bits per heavy atom. The first kappa shape index (κ1) is 24.5. The van der Waals surface area contributed by atoms with Gasteiger partial charge >= 0.3 is 5.97 Å². The summed E-state index contributed by atoms with van der Waals surface area (Å²) in [5.74, 6) is -0.418. The van der Waals surface area contributed by atoms with Gasteiger partial charge < -0.3 is 5.11 Å². The molecule has 0 heterocycles. The Bertz CT molecular complexity index is 1250. The summed E-state index contributed by atoms with van der Waals surface area (Å²) in [5.41, 5.74) is 1.05. The summed E-state index contributed by atoms with van der Waals surface area (Å²) >= 11 is 0. The van der Waals surface area contributed by atoms with Gasteiger partial charge in [-0.05, 0) is 79.0 Å². The molecule has 0 aromatic heterocycles. The van der Waals surface area contributed by atoms with Crippen LogP contribution in [-0.4, -0.2) is 22.4 Å². The smallest absolute Gasteiger partial charge is 0.303 e. The molecule has 37 heavy (non-hydrogen) atoms. The predicted octanol–water partition coefficient (Wildman–Crippen LogP) is 6.26. The van der Waals surface area contributed by atoms with Crippen LogP contribution in [0.15, 0.2) is 121 Å². The minimum atomic E-state index is -0.650. The molecule has 6 rings (SSSR count). The van der Waals surface area contributed by atoms with E-state index in [2.05, 4.69) is 121 Å². The van der Waals surface area contributed by atoms with Gasteiger partial charge in [0.15, 0.2) is 0 Å². The molecule has 4 aromatic rings. The molecule has 0 radical (unpaired) electrons. The highest BCUT2D eigenvalue weighted by Gasteiger charge is 2.69. The van der Waals surface area contributed by atoms with Gasteiger partial charge in [-0.3, -0.25) is 4.79 Å². The first-order valence-electron chi connectivity index (χ1n) is 13.2. The Morgan fingerprint density at radius 3 is 1.38 bits per heavy atom. The Balaban J connectivity index is 1.47. The molecular formula is C33H32O2P2. The molecule has 2 saturated carbocycles. The molecule has 0 aliphatic heterocycles. The van der Waals surface area contributed by atoms with E-state index in [9.17, 15) is 9.90 Å². The normalized spacial score (nSPS) is 24.5. The second-order valence-corrected chi connectivity index (χ2v) is 15.1. The first-order valence-corrected chi connectivity index (χ1v) is 16.0. The second-order valence-electron chi connectivity index (χ2n) is 10.3. The number of hydrogen-bond acceptors (Lipinski definition) is 1. The van der Waals surface area contributed by atoms with Gasteiger partial charge in [0.25, 0.3) is 0 Å². The zero-order valence-electron chi connectivity index (χ0n) is 20.9. The van der Waals surface area contributed by atoms with E-state index in [1.807, 2.05) is 0 Å². The Hall–Kier alpha value is -2.79. The van der Waals surface area contributed by atoms with Crippen LogP contribution in [0.5, 0.6) is 0 Å². The minimum Gasteiger partial charge on any atom is -0.481 e. The molecule has 4 heteroatoms. The van der Waals surface area contributed by atoms with Crippen molar-refractivity contribution in [3.8, 4) is 0 Å². The third-order valence-electron chi connectivity index (χ3n) is 8.36. The maximum absolute atomic E-state index is 12.1. The lowest BCUT2D eigenvalue weighted by atomic mass is 9.89. The molecule has 2 fully saturated rings. The van der Waals surface area contributed by atoms with Crippen LogP contribution in [0.4, 0.5) is 0 Å². The number of rotatable bonds is 8. The van der Waals surface area contributed by atoms with E-state index >= 15 is 0 Å². The lowest BCUT2D eigenvalue weighted by Crippen LogP contribution is -2.32. The Morgan fingerprint density at radius 2 is 1.00 bits per heavy atom. The lowest BCUT2D eigenvalue weighted by Gasteiger charge is -2.35. The molecule has 0 bridgehead atoms. The Labute approximate surface area is 222 Å². The highest BCUT2D eigenvalue weighted by molar-refractivity contribution is 7.75. The summed E-state index contributed by atoms with van der Waals surface area (Å²) in [6, 6.07) is 44.0. The number of benzene rings is 4. The third-order valence-corrected chi connectivity index (χ3v) is 14.4. The number of carboxylic acid groups (broad SMARTS) is 1. The fourth-order valence-corrected chi connectivity index (χ4v) is 13.7. The second kappa shape index (κ2) is 10.5. The predicted molar refractivity (Wildman–Crippen MR) is 158 cm³/mol. The largest absolute Gasteiger partial charge is 0.481 e. The van der Waals surface area contributed by atoms with Gasteiger partial charge in [-0.15, -0.1) is 0 Å². The van der Waals surface area contributed by atoms with Gasteiger partial charge in [0, 0.05) is 6.42 Å². The molecule has 1 unspecified atom stereocenters. The summed E-state index contributed by atoms with van der Waals surface area (Å²) in [5, 5.41) is 15.6. The van der Waals surface area contributed by atoms with Crippen molar-refractivity contribution in [1.29, 1.82) is 0 Å². The molecule has 0 amide bonds. The molecule has 0 saturated heterocycles. The fraction of sp³-hybridized carbons (Fsp3) is 0.242. The highest BCUT2D eigenvalue weighted by Crippen LogP contribution is 2.77. The Kier molecular flexibility index (Phi) is 6.98. The van der Waals surface area contributed by atoms with Gasteiger partial charge in [-0.2, -0.15) is 0 Å². The van der Waals surface area contributed by atoms with Crippen molar-refractivity contribution in [2.24, 2.45) is 11.3 Å². The van der Waals surface area contributed by atoms with Gasteiger partial charge in [0.2, 0.25) is 0 Å². The number of carbonyl (C=O) groups is 1. The summed E-state index contributed by atoms with van der Waals surface area (Å²) in [4.78, 5) is 12.1. The zero-order chi connectivity index (χ0) is 25.2. The van der Waals surface area contributed by atoms with Gasteiger partial charge in [0.05, 0.1) is 0 Å². The SMILES string of the molecule is O=C(O)C[C@H]1CC[C@H](P(c2ccccc2)c2ccccc2)[C@@]12CC2P(c1ccccc1)c1ccccc1. The van der Waals surface area contributed by atoms with Crippen LogP contribution in [0.25, 0.3) is 0 Å². The molecular weight excluding hydrogens is 490 g/mol. The molecule has 2 nitrogen and oxygen atoms in total. The lowest BCUT2D eigenvalue weighted by molar-refractivity contribution is -0.138. The molecule has 186 valence electrons. The van der Waals surface area contributed by atoms with Crippen LogP contribution in [0.2, 0.25) is 0 Å². The summed E-state index contributed by atoms with van der Waals surface area (Å²) in [6.45, 7) is 0. The zero-order valence-corrected chi connectivity index (χ0v) is 22.6. The fourth-order valence-electron chi connectivity index (χ4n) is 6.82. The van der Waals surface area contributed by atoms with Crippen molar-refractivity contribution in [2.75, 3.05) is 0 Å². The average Bonchev–Trinajstić information content (AvgIpc) is 3.58. The van der Waals surface area contributed by atoms with E-state index in [1.54, 1.807) is 0 Å². The van der Waals surface area contributed by atoms with Crippen LogP contribution in [-0.2, 0) is 4.79 Å². The van der Waals surface area contributed by atoms with Crippen LogP contribution < -0.4 is 21.2 Å². The van der Waals surface area contributed by atoms with Crippen LogP contribution >= 0.6 is 15.8 Å². The number of aliphatic carboxylic acids is 1. The van der Waals surface area contributed by atoms with Crippen LogP contribution in [0, 0.1) is 11.3 Å². The van der Waals surface area contributed by atoms with Crippen LogP contribution in [0.3, 0.4) is 0 Å². The van der Waals surface area contributed by atoms with E-state index in [-0.39, 0.29) is 17.8 Å². The minimum absolute atomic E-state index is 0.0627. The third kappa shape index (κ3) is 4.67. The quantitative estimate of drug-likeness (QED) is 0.277. The monoisotopic (exact) mass is 522 g/mol.